The molecule has 0 atom stereocenters. The van der Waals surface area contributed by atoms with Crippen molar-refractivity contribution in [1.29, 1.82) is 0 Å². The van der Waals surface area contributed by atoms with Gasteiger partial charge >= 0.3 is 6.09 Å². The molecule has 0 radical (unpaired) electrons. The van der Waals surface area contributed by atoms with Crippen molar-refractivity contribution in [3.8, 4) is 11.5 Å². The normalized spacial score (nSPS) is 13.1. The predicted molar refractivity (Wildman–Crippen MR) is 134 cm³/mol. The fourth-order valence-electron chi connectivity index (χ4n) is 3.07. The van der Waals surface area contributed by atoms with Gasteiger partial charge in [0.25, 0.3) is 11.4 Å². The molecule has 12 heteroatoms. The molecule has 0 spiro atoms. The van der Waals surface area contributed by atoms with Gasteiger partial charge in [0.1, 0.15) is 30.3 Å². The number of fused-ring (bicyclic) bond motifs is 2. The van der Waals surface area contributed by atoms with Crippen molar-refractivity contribution in [3.05, 3.63) is 75.5 Å². The Labute approximate surface area is 208 Å². The molecule has 2 aromatic rings. The lowest BCUT2D eigenvalue weighted by Gasteiger charge is -2.31. The Morgan fingerprint density at radius 3 is 2.17 bits per heavy atom. The third-order valence-electron chi connectivity index (χ3n) is 4.48. The largest absolute Gasteiger partial charge is 0.490 e. The lowest BCUT2D eigenvalue weighted by atomic mass is 10.2. The average Bonchev–Trinajstić information content (AvgIpc) is 2.82. The molecule has 1 amide bonds. The highest BCUT2D eigenvalue weighted by Crippen LogP contribution is 2.35. The molecule has 36 heavy (non-hydrogen) atoms. The topological polar surface area (TPSA) is 146 Å². The van der Waals surface area contributed by atoms with E-state index in [1.807, 2.05) is 0 Å². The minimum Gasteiger partial charge on any atom is -0.490 e. The number of amides is 1. The molecule has 2 aliphatic heterocycles. The van der Waals surface area contributed by atoms with E-state index in [1.165, 1.54) is 35.2 Å². The zero-order valence-electron chi connectivity index (χ0n) is 20.3. The van der Waals surface area contributed by atoms with Crippen LogP contribution in [0.4, 0.5) is 27.5 Å². The van der Waals surface area contributed by atoms with Crippen LogP contribution < -0.4 is 19.7 Å². The Bertz CT molecular complexity index is 1150. The Balaban J connectivity index is 0.000000244. The molecular formula is C24H28N4O8. The fourth-order valence-corrected chi connectivity index (χ4v) is 3.07. The van der Waals surface area contributed by atoms with Gasteiger partial charge < -0.3 is 19.5 Å². The molecule has 2 aliphatic rings. The SMILES string of the molecule is C=C=C.CC(C)(C)OC(=O)N1CCOc2ccc([N+](=O)[O-])cc21.O=[N+]([O-])c1ccc2c(c1)NCCO2. The summed E-state index contributed by atoms with van der Waals surface area (Å²) in [6.07, 6.45) is -0.539. The molecule has 1 N–H and O–H groups in total. The maximum absolute atomic E-state index is 12.1. The molecule has 2 aromatic carbocycles. The summed E-state index contributed by atoms with van der Waals surface area (Å²) < 4.78 is 16.0. The smallest absolute Gasteiger partial charge is 0.415 e. The summed E-state index contributed by atoms with van der Waals surface area (Å²) in [7, 11) is 0. The Hall–Kier alpha value is -4.57. The van der Waals surface area contributed by atoms with Crippen LogP contribution in [0.3, 0.4) is 0 Å². The van der Waals surface area contributed by atoms with Crippen LogP contribution in [-0.4, -0.2) is 47.8 Å². The minimum absolute atomic E-state index is 0.0803. The third-order valence-corrected chi connectivity index (χ3v) is 4.48. The second kappa shape index (κ2) is 12.2. The van der Waals surface area contributed by atoms with E-state index in [0.717, 1.165) is 0 Å². The van der Waals surface area contributed by atoms with Crippen molar-refractivity contribution in [3.63, 3.8) is 0 Å². The number of hydrogen-bond donors (Lipinski definition) is 1. The number of carbonyl (C=O) groups is 1. The molecular weight excluding hydrogens is 472 g/mol. The molecule has 2 heterocycles. The average molecular weight is 501 g/mol. The van der Waals surface area contributed by atoms with Crippen molar-refractivity contribution in [2.45, 2.75) is 26.4 Å². The number of rotatable bonds is 2. The minimum atomic E-state index is -0.629. The van der Waals surface area contributed by atoms with E-state index in [0.29, 0.717) is 49.2 Å². The first kappa shape index (κ1) is 27.7. The highest BCUT2D eigenvalue weighted by Gasteiger charge is 2.29. The van der Waals surface area contributed by atoms with Crippen molar-refractivity contribution < 1.29 is 28.9 Å². The third kappa shape index (κ3) is 7.74. The first-order valence-corrected chi connectivity index (χ1v) is 10.8. The summed E-state index contributed by atoms with van der Waals surface area (Å²) in [5, 5.41) is 24.3. The van der Waals surface area contributed by atoms with Crippen molar-refractivity contribution >= 4 is 28.8 Å². The van der Waals surface area contributed by atoms with Crippen LogP contribution >= 0.6 is 0 Å². The standard InChI is InChI=1S/C13H16N2O5.C8H8N2O3.C3H4/c1-13(2,3)20-12(16)14-6-7-19-11-5-4-9(15(17)18)8-10(11)14;11-10(12)6-1-2-8-7(5-6)9-3-4-13-8;1-3-2/h4-5,8H,6-7H2,1-3H3;1-2,5,9H,3-4H2;1-2H2. The summed E-state index contributed by atoms with van der Waals surface area (Å²) in [5.74, 6) is 1.12. The summed E-state index contributed by atoms with van der Waals surface area (Å²) in [6.45, 7) is 13.4. The Kier molecular flexibility index (Phi) is 9.40. The van der Waals surface area contributed by atoms with E-state index in [2.05, 4.69) is 24.2 Å². The number of nitro benzene ring substituents is 2. The molecule has 192 valence electrons. The van der Waals surface area contributed by atoms with E-state index in [-0.39, 0.29) is 11.4 Å². The van der Waals surface area contributed by atoms with Gasteiger partial charge in [-0.2, -0.15) is 0 Å². The first-order valence-electron chi connectivity index (χ1n) is 10.8. The van der Waals surface area contributed by atoms with Crippen LogP contribution in [0.25, 0.3) is 0 Å². The van der Waals surface area contributed by atoms with Crippen molar-refractivity contribution in [2.24, 2.45) is 0 Å². The van der Waals surface area contributed by atoms with Gasteiger partial charge in [-0.3, -0.25) is 25.1 Å². The number of non-ortho nitro benzene ring substituents is 2. The van der Waals surface area contributed by atoms with Gasteiger partial charge in [-0.05, 0) is 32.9 Å². The maximum atomic E-state index is 12.1. The van der Waals surface area contributed by atoms with E-state index >= 15 is 0 Å². The molecule has 12 nitrogen and oxygen atoms in total. The zero-order chi connectivity index (χ0) is 26.9. The van der Waals surface area contributed by atoms with Gasteiger partial charge in [0.15, 0.2) is 0 Å². The second-order valence-electron chi connectivity index (χ2n) is 8.35. The van der Waals surface area contributed by atoms with Crippen LogP contribution in [-0.2, 0) is 4.74 Å². The number of nitro groups is 2. The molecule has 0 aliphatic carbocycles. The van der Waals surface area contributed by atoms with Gasteiger partial charge in [-0.1, -0.05) is 13.2 Å². The van der Waals surface area contributed by atoms with Crippen LogP contribution in [0, 0.1) is 20.2 Å². The summed E-state index contributed by atoms with van der Waals surface area (Å²) >= 11 is 0. The molecule has 0 aromatic heterocycles. The summed E-state index contributed by atoms with van der Waals surface area (Å²) in [6, 6.07) is 8.68. The number of ether oxygens (including phenoxy) is 3. The highest BCUT2D eigenvalue weighted by atomic mass is 16.6. The molecule has 0 saturated heterocycles. The van der Waals surface area contributed by atoms with Crippen LogP contribution in [0.1, 0.15) is 20.8 Å². The molecule has 4 rings (SSSR count). The molecule has 0 fully saturated rings. The number of hydrogen-bond acceptors (Lipinski definition) is 9. The Morgan fingerprint density at radius 2 is 1.58 bits per heavy atom. The number of nitrogens with zero attached hydrogens (tertiary/aromatic N) is 3. The van der Waals surface area contributed by atoms with E-state index in [1.54, 1.807) is 26.8 Å². The monoisotopic (exact) mass is 500 g/mol. The first-order chi connectivity index (χ1) is 17.0. The number of anilines is 2. The summed E-state index contributed by atoms with van der Waals surface area (Å²) in [5.41, 5.74) is 2.66. The fraction of sp³-hybridized carbons (Fsp3) is 0.333. The van der Waals surface area contributed by atoms with Crippen molar-refractivity contribution in [2.75, 3.05) is 36.5 Å². The van der Waals surface area contributed by atoms with Crippen molar-refractivity contribution in [1.82, 2.24) is 0 Å². The van der Waals surface area contributed by atoms with E-state index < -0.39 is 21.5 Å². The van der Waals surface area contributed by atoms with Gasteiger partial charge in [-0.15, -0.1) is 5.73 Å². The molecule has 0 unspecified atom stereocenters. The zero-order valence-corrected chi connectivity index (χ0v) is 20.3. The second-order valence-corrected chi connectivity index (χ2v) is 8.35. The Morgan fingerprint density at radius 1 is 1.03 bits per heavy atom. The van der Waals surface area contributed by atoms with Crippen LogP contribution in [0.5, 0.6) is 11.5 Å². The van der Waals surface area contributed by atoms with Gasteiger partial charge in [-0.25, -0.2) is 4.79 Å². The van der Waals surface area contributed by atoms with Gasteiger partial charge in [0, 0.05) is 30.8 Å². The van der Waals surface area contributed by atoms with Crippen LogP contribution in [0.2, 0.25) is 0 Å². The molecule has 0 bridgehead atoms. The lowest BCUT2D eigenvalue weighted by molar-refractivity contribution is -0.385. The van der Waals surface area contributed by atoms with Gasteiger partial charge in [0.2, 0.25) is 0 Å². The summed E-state index contributed by atoms with van der Waals surface area (Å²) in [4.78, 5) is 33.8. The quantitative estimate of drug-likeness (QED) is 0.338. The highest BCUT2D eigenvalue weighted by molar-refractivity contribution is 5.91. The predicted octanol–water partition coefficient (Wildman–Crippen LogP) is 5.09. The number of carbonyl (C=O) groups excluding carboxylic acids is 1. The lowest BCUT2D eigenvalue weighted by Crippen LogP contribution is -2.41. The maximum Gasteiger partial charge on any atom is 0.415 e. The van der Waals surface area contributed by atoms with Gasteiger partial charge in [0.05, 0.1) is 27.8 Å². The number of benzene rings is 2. The number of nitrogens with one attached hydrogen (secondary N) is 1. The van der Waals surface area contributed by atoms with E-state index in [9.17, 15) is 25.0 Å². The van der Waals surface area contributed by atoms with E-state index in [4.69, 9.17) is 14.2 Å². The molecule has 0 saturated carbocycles. The van der Waals surface area contributed by atoms with Crippen LogP contribution in [0.15, 0.2) is 55.3 Å².